The van der Waals surface area contributed by atoms with Crippen LogP contribution in [0, 0.1) is 11.8 Å². The minimum Gasteiger partial charge on any atom is -0.507 e. The molecule has 4 saturated carbocycles. The number of carbonyl (C=O) groups is 1. The molecule has 2 aromatic rings. The number of phenols is 2. The van der Waals surface area contributed by atoms with E-state index < -0.39 is 5.91 Å². The Bertz CT molecular complexity index is 831. The van der Waals surface area contributed by atoms with Gasteiger partial charge in [0.1, 0.15) is 17.1 Å². The Balaban J connectivity index is 1.48. The van der Waals surface area contributed by atoms with E-state index in [1.807, 2.05) is 0 Å². The summed E-state index contributed by atoms with van der Waals surface area (Å²) in [6.45, 7) is 0. The topological polar surface area (TPSA) is 113 Å². The van der Waals surface area contributed by atoms with Crippen LogP contribution in [0.5, 0.6) is 11.5 Å². The van der Waals surface area contributed by atoms with Crippen LogP contribution in [0.1, 0.15) is 48.9 Å². The maximum atomic E-state index is 12.9. The fourth-order valence-corrected chi connectivity index (χ4v) is 6.04. The van der Waals surface area contributed by atoms with E-state index in [1.165, 1.54) is 30.9 Å². The fraction of sp³-hybridized carbons (Fsp3) is 0.556. The Hall–Kier alpha value is -2.64. The molecule has 0 radical (unpaired) electrons. The van der Waals surface area contributed by atoms with Gasteiger partial charge < -0.3 is 15.5 Å². The summed E-state index contributed by atoms with van der Waals surface area (Å²) in [4.78, 5) is 14.6. The van der Waals surface area contributed by atoms with E-state index in [0.717, 1.165) is 32.1 Å². The van der Waals surface area contributed by atoms with Crippen LogP contribution in [-0.4, -0.2) is 41.9 Å². The number of phenolic OH excluding ortho intramolecular Hbond substituents is 2. The monoisotopic (exact) mass is 355 g/mol. The van der Waals surface area contributed by atoms with E-state index in [0.29, 0.717) is 11.8 Å². The lowest BCUT2D eigenvalue weighted by Crippen LogP contribution is -2.66. The fourth-order valence-electron chi connectivity index (χ4n) is 6.04. The predicted molar refractivity (Wildman–Crippen MR) is 90.4 cm³/mol. The lowest BCUT2D eigenvalue weighted by molar-refractivity contribution is -0.0810. The van der Waals surface area contributed by atoms with Crippen molar-refractivity contribution in [2.24, 2.45) is 11.8 Å². The summed E-state index contributed by atoms with van der Waals surface area (Å²) >= 11 is 0. The number of carbonyl (C=O) groups excluding carboxylic acids is 1. The Morgan fingerprint density at radius 3 is 2.46 bits per heavy atom. The van der Waals surface area contributed by atoms with Crippen molar-refractivity contribution >= 4 is 5.91 Å². The average Bonchev–Trinajstić information content (AvgIpc) is 3.08. The van der Waals surface area contributed by atoms with Crippen LogP contribution in [0.3, 0.4) is 0 Å². The van der Waals surface area contributed by atoms with Crippen LogP contribution >= 0.6 is 0 Å². The third-order valence-corrected chi connectivity index (χ3v) is 6.43. The number of hydrogen-bond acceptors (Lipinski definition) is 6. The second kappa shape index (κ2) is 5.18. The molecule has 136 valence electrons. The zero-order chi connectivity index (χ0) is 17.9. The highest BCUT2D eigenvalue weighted by Gasteiger charge is 2.60. The van der Waals surface area contributed by atoms with Gasteiger partial charge in [0.15, 0.2) is 6.33 Å². The van der Waals surface area contributed by atoms with Gasteiger partial charge in [-0.15, -0.1) is 10.2 Å². The summed E-state index contributed by atoms with van der Waals surface area (Å²) in [5, 5.41) is 35.6. The molecule has 4 bridgehead atoms. The van der Waals surface area contributed by atoms with Crippen molar-refractivity contribution in [2.75, 3.05) is 0 Å². The summed E-state index contributed by atoms with van der Waals surface area (Å²) in [6.07, 6.45) is 7.25. The highest BCUT2D eigenvalue weighted by Crippen LogP contribution is 2.60. The molecule has 1 aromatic heterocycles. The van der Waals surface area contributed by atoms with E-state index >= 15 is 0 Å². The van der Waals surface area contributed by atoms with Gasteiger partial charge in [-0.05, 0) is 67.7 Å². The van der Waals surface area contributed by atoms with Gasteiger partial charge in [0, 0.05) is 5.54 Å². The van der Waals surface area contributed by atoms with E-state index in [1.54, 1.807) is 4.80 Å². The van der Waals surface area contributed by atoms with Gasteiger partial charge in [-0.25, -0.2) is 0 Å². The minimum absolute atomic E-state index is 0.0591. The largest absolute Gasteiger partial charge is 0.507 e. The zero-order valence-corrected chi connectivity index (χ0v) is 14.3. The summed E-state index contributed by atoms with van der Waals surface area (Å²) in [6, 6.07) is 4.34. The van der Waals surface area contributed by atoms with E-state index in [2.05, 4.69) is 20.7 Å². The van der Waals surface area contributed by atoms with Gasteiger partial charge in [-0.3, -0.25) is 4.79 Å². The SMILES string of the molecule is O=C(NC12CC3CC(C1)CC(n1ncnn1)(C3)C2)c1c(O)cccc1O. The Morgan fingerprint density at radius 2 is 1.85 bits per heavy atom. The molecule has 0 aliphatic heterocycles. The molecule has 8 nitrogen and oxygen atoms in total. The predicted octanol–water partition coefficient (Wildman–Crippen LogP) is 1.56. The molecular weight excluding hydrogens is 334 g/mol. The first kappa shape index (κ1) is 15.6. The van der Waals surface area contributed by atoms with Crippen LogP contribution in [0.4, 0.5) is 0 Å². The quantitative estimate of drug-likeness (QED) is 0.770. The molecule has 26 heavy (non-hydrogen) atoms. The van der Waals surface area contributed by atoms with Crippen molar-refractivity contribution in [2.45, 2.75) is 49.6 Å². The summed E-state index contributed by atoms with van der Waals surface area (Å²) in [5.41, 5.74) is -0.616. The molecule has 4 aliphatic carbocycles. The van der Waals surface area contributed by atoms with E-state index in [9.17, 15) is 15.0 Å². The summed E-state index contributed by atoms with van der Waals surface area (Å²) < 4.78 is 0. The maximum absolute atomic E-state index is 12.9. The van der Waals surface area contributed by atoms with Crippen molar-refractivity contribution in [3.63, 3.8) is 0 Å². The molecule has 1 aromatic carbocycles. The van der Waals surface area contributed by atoms with Crippen molar-refractivity contribution in [1.82, 2.24) is 25.5 Å². The van der Waals surface area contributed by atoms with Crippen LogP contribution < -0.4 is 5.32 Å². The summed E-state index contributed by atoms with van der Waals surface area (Å²) in [7, 11) is 0. The first-order chi connectivity index (χ1) is 12.5. The van der Waals surface area contributed by atoms with Crippen molar-refractivity contribution in [3.8, 4) is 11.5 Å². The maximum Gasteiger partial charge on any atom is 0.259 e. The average molecular weight is 355 g/mol. The molecule has 1 amide bonds. The zero-order valence-electron chi connectivity index (χ0n) is 14.3. The van der Waals surface area contributed by atoms with Gasteiger partial charge >= 0.3 is 0 Å². The van der Waals surface area contributed by atoms with Crippen LogP contribution in [-0.2, 0) is 5.54 Å². The van der Waals surface area contributed by atoms with Crippen molar-refractivity contribution in [3.05, 3.63) is 30.1 Å². The van der Waals surface area contributed by atoms with Gasteiger partial charge in [0.2, 0.25) is 0 Å². The molecule has 8 heteroatoms. The van der Waals surface area contributed by atoms with Crippen molar-refractivity contribution in [1.29, 1.82) is 0 Å². The van der Waals surface area contributed by atoms with Gasteiger partial charge in [0.25, 0.3) is 5.91 Å². The summed E-state index contributed by atoms with van der Waals surface area (Å²) in [5.74, 6) is 0.185. The molecule has 0 saturated heterocycles. The Kier molecular flexibility index (Phi) is 3.11. The number of amides is 1. The molecule has 6 rings (SSSR count). The number of aromatic hydroxyl groups is 2. The highest BCUT2D eigenvalue weighted by atomic mass is 16.3. The lowest BCUT2D eigenvalue weighted by atomic mass is 9.50. The highest BCUT2D eigenvalue weighted by molar-refractivity contribution is 5.99. The Labute approximate surface area is 150 Å². The number of rotatable bonds is 3. The first-order valence-electron chi connectivity index (χ1n) is 9.06. The van der Waals surface area contributed by atoms with Crippen molar-refractivity contribution < 1.29 is 15.0 Å². The van der Waals surface area contributed by atoms with Crippen LogP contribution in [0.2, 0.25) is 0 Å². The number of nitrogens with one attached hydrogen (secondary N) is 1. The van der Waals surface area contributed by atoms with E-state index in [-0.39, 0.29) is 28.1 Å². The second-order valence-corrected chi connectivity index (χ2v) is 8.32. The smallest absolute Gasteiger partial charge is 0.259 e. The molecule has 0 spiro atoms. The molecule has 3 N–H and O–H groups in total. The third-order valence-electron chi connectivity index (χ3n) is 6.43. The molecule has 4 aliphatic rings. The lowest BCUT2D eigenvalue weighted by Gasteiger charge is -2.61. The molecule has 2 atom stereocenters. The van der Waals surface area contributed by atoms with Crippen LogP contribution in [0.25, 0.3) is 0 Å². The number of benzene rings is 1. The Morgan fingerprint density at radius 1 is 1.15 bits per heavy atom. The molecule has 1 heterocycles. The third kappa shape index (κ3) is 2.21. The number of aromatic nitrogens is 4. The number of nitrogens with zero attached hydrogens (tertiary/aromatic N) is 4. The number of tetrazole rings is 1. The molecule has 4 fully saturated rings. The normalized spacial score (nSPS) is 34.8. The van der Waals surface area contributed by atoms with Gasteiger partial charge in [0.05, 0.1) is 5.54 Å². The second-order valence-electron chi connectivity index (χ2n) is 8.32. The van der Waals surface area contributed by atoms with Gasteiger partial charge in [-0.1, -0.05) is 6.07 Å². The van der Waals surface area contributed by atoms with Gasteiger partial charge in [-0.2, -0.15) is 4.80 Å². The molecular formula is C18H21N5O3. The standard InChI is InChI=1S/C18H21N5O3/c24-13-2-1-3-14(25)15(13)16(26)21-17-5-11-4-12(6-17)8-18(7-11,9-17)23-20-10-19-22-23/h1-3,10-12,24-25H,4-9H2,(H,21,26). The van der Waals surface area contributed by atoms with Crippen LogP contribution in [0.15, 0.2) is 24.5 Å². The minimum atomic E-state index is -0.427. The number of hydrogen-bond donors (Lipinski definition) is 3. The first-order valence-corrected chi connectivity index (χ1v) is 9.06. The molecule has 2 unspecified atom stereocenters. The van der Waals surface area contributed by atoms with E-state index in [4.69, 9.17) is 0 Å².